The monoisotopic (exact) mass is 265 g/mol. The minimum Gasteiger partial charge on any atom is -0.388 e. The van der Waals surface area contributed by atoms with Crippen LogP contribution >= 0.6 is 0 Å². The first-order valence-electron chi connectivity index (χ1n) is 6.20. The molecule has 0 bridgehead atoms. The van der Waals surface area contributed by atoms with Gasteiger partial charge in [-0.25, -0.2) is 4.98 Å². The molecule has 1 aliphatic carbocycles. The summed E-state index contributed by atoms with van der Waals surface area (Å²) >= 11 is 0. The maximum absolute atomic E-state index is 11.9. The highest BCUT2D eigenvalue weighted by Gasteiger charge is 2.26. The van der Waals surface area contributed by atoms with Crippen LogP contribution in [0.4, 0.5) is 5.95 Å². The number of fused-ring (bicyclic) bond motifs is 1. The number of aromatic amines is 2. The van der Waals surface area contributed by atoms with Crippen LogP contribution in [-0.2, 0) is 6.61 Å². The fourth-order valence-corrected chi connectivity index (χ4v) is 2.21. The second-order valence-electron chi connectivity index (χ2n) is 4.63. The lowest BCUT2D eigenvalue weighted by Gasteiger charge is -2.36. The summed E-state index contributed by atoms with van der Waals surface area (Å²) in [6.07, 6.45) is 3.07. The van der Waals surface area contributed by atoms with E-state index in [1.165, 1.54) is 0 Å². The van der Waals surface area contributed by atoms with Crippen molar-refractivity contribution in [1.82, 2.24) is 19.9 Å². The highest BCUT2D eigenvalue weighted by atomic mass is 16.3. The Bertz CT molecular complexity index is 645. The van der Waals surface area contributed by atoms with Gasteiger partial charge in [-0.2, -0.15) is 4.98 Å². The van der Waals surface area contributed by atoms with E-state index in [0.717, 1.165) is 19.3 Å². The fraction of sp³-hybridized carbons (Fsp3) is 0.545. The number of H-pyrrole nitrogens is 2. The fourth-order valence-electron chi connectivity index (χ4n) is 2.21. The van der Waals surface area contributed by atoms with Gasteiger partial charge in [-0.05, 0) is 19.3 Å². The molecule has 2 heterocycles. The Balaban J connectivity index is 2.06. The lowest BCUT2D eigenvalue weighted by Crippen LogP contribution is -2.42. The van der Waals surface area contributed by atoms with Crippen LogP contribution in [0.15, 0.2) is 4.79 Å². The van der Waals surface area contributed by atoms with Gasteiger partial charge < -0.3 is 20.1 Å². The van der Waals surface area contributed by atoms with E-state index < -0.39 is 0 Å². The SMILES string of the molecule is O=c1[nH]c(N(CO)C2CCC2)nc2nc(CO)[nH]c12. The maximum Gasteiger partial charge on any atom is 0.278 e. The summed E-state index contributed by atoms with van der Waals surface area (Å²) < 4.78 is 0. The van der Waals surface area contributed by atoms with E-state index in [9.17, 15) is 9.90 Å². The molecule has 2 aromatic rings. The van der Waals surface area contributed by atoms with Crippen molar-refractivity contribution in [2.24, 2.45) is 0 Å². The molecule has 0 spiro atoms. The summed E-state index contributed by atoms with van der Waals surface area (Å²) in [6, 6.07) is 0.210. The molecule has 0 aromatic carbocycles. The third kappa shape index (κ3) is 1.98. The molecule has 1 fully saturated rings. The molecule has 4 N–H and O–H groups in total. The topological polar surface area (TPSA) is 118 Å². The standard InChI is InChI=1S/C11H15N5O3/c17-4-7-12-8-9(13-7)14-11(15-10(8)19)16(5-18)6-2-1-3-6/h6,17-18H,1-5H2,(H2,12,13,14,15,19). The van der Waals surface area contributed by atoms with E-state index in [2.05, 4.69) is 19.9 Å². The Morgan fingerprint density at radius 3 is 2.63 bits per heavy atom. The lowest BCUT2D eigenvalue weighted by molar-refractivity contribution is 0.245. The van der Waals surface area contributed by atoms with Crippen molar-refractivity contribution < 1.29 is 10.2 Å². The van der Waals surface area contributed by atoms with Crippen molar-refractivity contribution in [3.05, 3.63) is 16.2 Å². The minimum atomic E-state index is -0.357. The number of nitrogens with zero attached hydrogens (tertiary/aromatic N) is 3. The number of nitrogens with one attached hydrogen (secondary N) is 2. The van der Waals surface area contributed by atoms with Gasteiger partial charge in [0, 0.05) is 6.04 Å². The summed E-state index contributed by atoms with van der Waals surface area (Å²) in [5.41, 5.74) is 0.129. The second kappa shape index (κ2) is 4.63. The Morgan fingerprint density at radius 1 is 1.26 bits per heavy atom. The molecule has 0 unspecified atom stereocenters. The van der Waals surface area contributed by atoms with Crippen molar-refractivity contribution in [2.75, 3.05) is 11.6 Å². The number of anilines is 1. The van der Waals surface area contributed by atoms with Gasteiger partial charge in [-0.1, -0.05) is 0 Å². The van der Waals surface area contributed by atoms with Crippen LogP contribution < -0.4 is 10.5 Å². The van der Waals surface area contributed by atoms with Crippen molar-refractivity contribution >= 4 is 17.1 Å². The number of rotatable bonds is 4. The normalized spacial score (nSPS) is 15.7. The van der Waals surface area contributed by atoms with Crippen LogP contribution in [0.5, 0.6) is 0 Å². The van der Waals surface area contributed by atoms with Crippen molar-refractivity contribution in [2.45, 2.75) is 31.9 Å². The lowest BCUT2D eigenvalue weighted by atomic mass is 9.92. The van der Waals surface area contributed by atoms with Crippen molar-refractivity contribution in [1.29, 1.82) is 0 Å². The van der Waals surface area contributed by atoms with Crippen LogP contribution in [0.2, 0.25) is 0 Å². The number of aromatic nitrogens is 4. The molecule has 0 radical (unpaired) electrons. The average molecular weight is 265 g/mol. The van der Waals surface area contributed by atoms with Gasteiger partial charge in [0.05, 0.1) is 0 Å². The number of aliphatic hydroxyl groups is 2. The highest BCUT2D eigenvalue weighted by Crippen LogP contribution is 2.26. The van der Waals surface area contributed by atoms with E-state index >= 15 is 0 Å². The molecular weight excluding hydrogens is 250 g/mol. The zero-order valence-electron chi connectivity index (χ0n) is 10.3. The quantitative estimate of drug-likeness (QED) is 0.551. The predicted molar refractivity (Wildman–Crippen MR) is 67.6 cm³/mol. The van der Waals surface area contributed by atoms with E-state index in [4.69, 9.17) is 5.11 Å². The first kappa shape index (κ1) is 12.1. The van der Waals surface area contributed by atoms with E-state index in [-0.39, 0.29) is 36.1 Å². The van der Waals surface area contributed by atoms with Gasteiger partial charge in [0.25, 0.3) is 5.56 Å². The Morgan fingerprint density at radius 2 is 2.05 bits per heavy atom. The van der Waals surface area contributed by atoms with Gasteiger partial charge in [-0.15, -0.1) is 0 Å². The molecule has 8 nitrogen and oxygen atoms in total. The van der Waals surface area contributed by atoms with Crippen LogP contribution in [0.1, 0.15) is 25.1 Å². The van der Waals surface area contributed by atoms with E-state index in [1.54, 1.807) is 4.90 Å². The third-order valence-corrected chi connectivity index (χ3v) is 3.49. The minimum absolute atomic E-state index is 0.198. The van der Waals surface area contributed by atoms with Gasteiger partial charge in [0.2, 0.25) is 5.95 Å². The van der Waals surface area contributed by atoms with Gasteiger partial charge in [0.1, 0.15) is 19.2 Å². The molecule has 0 saturated heterocycles. The summed E-state index contributed by atoms with van der Waals surface area (Å²) in [4.78, 5) is 27.2. The molecule has 19 heavy (non-hydrogen) atoms. The first-order chi connectivity index (χ1) is 9.22. The zero-order valence-corrected chi connectivity index (χ0v) is 10.3. The average Bonchev–Trinajstić information content (AvgIpc) is 2.77. The Kier molecular flexibility index (Phi) is 2.96. The summed E-state index contributed by atoms with van der Waals surface area (Å²) in [6.45, 7) is -0.478. The van der Waals surface area contributed by atoms with Gasteiger partial charge >= 0.3 is 0 Å². The number of hydrogen-bond donors (Lipinski definition) is 4. The summed E-state index contributed by atoms with van der Waals surface area (Å²) in [5, 5.41) is 18.4. The highest BCUT2D eigenvalue weighted by molar-refractivity contribution is 5.70. The molecule has 8 heteroatoms. The molecule has 1 aliphatic rings. The van der Waals surface area contributed by atoms with Crippen LogP contribution in [-0.4, -0.2) is 42.9 Å². The number of imidazole rings is 1. The van der Waals surface area contributed by atoms with E-state index in [0.29, 0.717) is 11.8 Å². The Hall–Kier alpha value is -1.93. The molecule has 0 aliphatic heterocycles. The third-order valence-electron chi connectivity index (χ3n) is 3.49. The first-order valence-corrected chi connectivity index (χ1v) is 6.20. The van der Waals surface area contributed by atoms with Crippen molar-refractivity contribution in [3.8, 4) is 0 Å². The molecule has 2 aromatic heterocycles. The molecular formula is C11H15N5O3. The maximum atomic E-state index is 11.9. The second-order valence-corrected chi connectivity index (χ2v) is 4.63. The largest absolute Gasteiger partial charge is 0.388 e. The smallest absolute Gasteiger partial charge is 0.278 e. The number of aliphatic hydroxyl groups excluding tert-OH is 2. The van der Waals surface area contributed by atoms with Crippen LogP contribution in [0.25, 0.3) is 11.2 Å². The predicted octanol–water partition coefficient (Wildman–Crippen LogP) is -0.553. The van der Waals surface area contributed by atoms with Crippen molar-refractivity contribution in [3.63, 3.8) is 0 Å². The summed E-state index contributed by atoms with van der Waals surface area (Å²) in [7, 11) is 0. The van der Waals surface area contributed by atoms with Gasteiger partial charge in [-0.3, -0.25) is 9.78 Å². The molecule has 0 atom stereocenters. The molecule has 1 saturated carbocycles. The molecule has 3 rings (SSSR count). The van der Waals surface area contributed by atoms with E-state index in [1.807, 2.05) is 0 Å². The summed E-state index contributed by atoms with van der Waals surface area (Å²) in [5.74, 6) is 0.616. The Labute approximate surface area is 108 Å². The number of hydrogen-bond acceptors (Lipinski definition) is 6. The zero-order chi connectivity index (χ0) is 13.4. The molecule has 102 valence electrons. The van der Waals surface area contributed by atoms with Crippen LogP contribution in [0.3, 0.4) is 0 Å². The molecule has 0 amide bonds. The van der Waals surface area contributed by atoms with Crippen LogP contribution in [0, 0.1) is 0 Å². The van der Waals surface area contributed by atoms with Gasteiger partial charge in [0.15, 0.2) is 11.2 Å².